The molecule has 0 aromatic heterocycles. The number of ether oxygens (including phenoxy) is 1. The molecule has 0 aliphatic carbocycles. The lowest BCUT2D eigenvalue weighted by Gasteiger charge is -2.28. The van der Waals surface area contributed by atoms with Crippen LogP contribution in [0.1, 0.15) is 12.8 Å². The monoisotopic (exact) mass is 324 g/mol. The third kappa shape index (κ3) is 3.76. The first-order chi connectivity index (χ1) is 10.6. The number of hydrogen-bond acceptors (Lipinski definition) is 6. The fraction of sp³-hybridized carbons (Fsp3) is 0.500. The number of aliphatic imine (C=N–C) groups is 1. The first-order valence-electron chi connectivity index (χ1n) is 7.34. The number of sulfonamides is 1. The van der Waals surface area contributed by atoms with Crippen LogP contribution in [0, 0.1) is 0 Å². The van der Waals surface area contributed by atoms with Gasteiger partial charge in [0.1, 0.15) is 0 Å². The SMILES string of the molecule is O=S(=O)(NC1=NCN(C[C@@H]2CCCO2)CN1)c1ccccc1. The van der Waals surface area contributed by atoms with Crippen molar-refractivity contribution in [2.45, 2.75) is 23.8 Å². The summed E-state index contributed by atoms with van der Waals surface area (Å²) in [5, 5.41) is 3.00. The molecule has 120 valence electrons. The minimum absolute atomic E-state index is 0.223. The molecule has 8 heteroatoms. The molecule has 2 N–H and O–H groups in total. The molecule has 0 radical (unpaired) electrons. The highest BCUT2D eigenvalue weighted by atomic mass is 32.2. The second-order valence-electron chi connectivity index (χ2n) is 5.39. The molecule has 0 bridgehead atoms. The largest absolute Gasteiger partial charge is 0.377 e. The molecule has 3 rings (SSSR count). The van der Waals surface area contributed by atoms with Gasteiger partial charge in [-0.25, -0.2) is 18.1 Å². The Labute approximate surface area is 130 Å². The predicted molar refractivity (Wildman–Crippen MR) is 82.7 cm³/mol. The molecule has 1 atom stereocenters. The summed E-state index contributed by atoms with van der Waals surface area (Å²) in [4.78, 5) is 6.57. The smallest absolute Gasteiger partial charge is 0.264 e. The standard InChI is InChI=1S/C14H20N4O3S/c19-22(20,13-6-2-1-3-7-13)17-14-15-10-18(11-16-14)9-12-5-4-8-21-12/h1-3,6-7,12H,4-5,8-11H2,(H2,15,16,17)/t12-/m0/s1. The van der Waals surface area contributed by atoms with Gasteiger partial charge in [0.2, 0.25) is 5.96 Å². The molecule has 0 saturated carbocycles. The van der Waals surface area contributed by atoms with Gasteiger partial charge in [0.25, 0.3) is 10.0 Å². The zero-order valence-corrected chi connectivity index (χ0v) is 13.1. The minimum Gasteiger partial charge on any atom is -0.377 e. The van der Waals surface area contributed by atoms with E-state index in [-0.39, 0.29) is 17.0 Å². The van der Waals surface area contributed by atoms with Gasteiger partial charge in [-0.2, -0.15) is 0 Å². The van der Waals surface area contributed by atoms with Crippen molar-refractivity contribution in [1.82, 2.24) is 14.9 Å². The maximum absolute atomic E-state index is 12.2. The molecule has 1 aromatic carbocycles. The van der Waals surface area contributed by atoms with Crippen molar-refractivity contribution in [2.75, 3.05) is 26.5 Å². The van der Waals surface area contributed by atoms with E-state index in [1.54, 1.807) is 30.3 Å². The summed E-state index contributed by atoms with van der Waals surface area (Å²) >= 11 is 0. The van der Waals surface area contributed by atoms with Gasteiger partial charge in [0, 0.05) is 13.2 Å². The molecule has 0 unspecified atom stereocenters. The Morgan fingerprint density at radius 3 is 2.82 bits per heavy atom. The Morgan fingerprint density at radius 1 is 1.36 bits per heavy atom. The van der Waals surface area contributed by atoms with E-state index < -0.39 is 10.0 Å². The van der Waals surface area contributed by atoms with Crippen LogP contribution in [0.15, 0.2) is 40.2 Å². The molecule has 0 amide bonds. The topological polar surface area (TPSA) is 83.0 Å². The summed E-state index contributed by atoms with van der Waals surface area (Å²) in [6, 6.07) is 8.26. The first kappa shape index (κ1) is 15.3. The molecule has 2 heterocycles. The van der Waals surface area contributed by atoms with Gasteiger partial charge in [-0.05, 0) is 25.0 Å². The predicted octanol–water partition coefficient (Wildman–Crippen LogP) is 0.320. The van der Waals surface area contributed by atoms with Crippen LogP contribution in [0.5, 0.6) is 0 Å². The highest BCUT2D eigenvalue weighted by Gasteiger charge is 2.22. The molecule has 22 heavy (non-hydrogen) atoms. The van der Waals surface area contributed by atoms with E-state index in [2.05, 4.69) is 19.9 Å². The van der Waals surface area contributed by atoms with E-state index >= 15 is 0 Å². The molecule has 1 aromatic rings. The molecular formula is C14H20N4O3S. The van der Waals surface area contributed by atoms with Crippen molar-refractivity contribution in [1.29, 1.82) is 0 Å². The summed E-state index contributed by atoms with van der Waals surface area (Å²) in [5.41, 5.74) is 0. The van der Waals surface area contributed by atoms with Gasteiger partial charge in [0.05, 0.1) is 24.3 Å². The number of nitrogens with zero attached hydrogens (tertiary/aromatic N) is 2. The Balaban J connectivity index is 1.57. The molecule has 1 saturated heterocycles. The normalized spacial score (nSPS) is 22.9. The van der Waals surface area contributed by atoms with Crippen molar-refractivity contribution in [2.24, 2.45) is 4.99 Å². The van der Waals surface area contributed by atoms with Gasteiger partial charge in [-0.3, -0.25) is 4.90 Å². The Hall–Kier alpha value is -1.64. The first-order valence-corrected chi connectivity index (χ1v) is 8.82. The highest BCUT2D eigenvalue weighted by Crippen LogP contribution is 2.13. The van der Waals surface area contributed by atoms with E-state index in [4.69, 9.17) is 4.74 Å². The van der Waals surface area contributed by atoms with Crippen LogP contribution in [-0.2, 0) is 14.8 Å². The average Bonchev–Trinajstić information content (AvgIpc) is 3.03. The number of hydrogen-bond donors (Lipinski definition) is 2. The summed E-state index contributed by atoms with van der Waals surface area (Å²) in [7, 11) is -3.59. The third-order valence-corrected chi connectivity index (χ3v) is 5.02. The molecule has 7 nitrogen and oxygen atoms in total. The minimum atomic E-state index is -3.59. The van der Waals surface area contributed by atoms with Crippen LogP contribution < -0.4 is 10.0 Å². The molecule has 2 aliphatic heterocycles. The fourth-order valence-electron chi connectivity index (χ4n) is 2.52. The van der Waals surface area contributed by atoms with E-state index in [1.165, 1.54) is 0 Å². The van der Waals surface area contributed by atoms with Gasteiger partial charge in [0.15, 0.2) is 0 Å². The van der Waals surface area contributed by atoms with Gasteiger partial charge in [-0.15, -0.1) is 0 Å². The van der Waals surface area contributed by atoms with Crippen molar-refractivity contribution < 1.29 is 13.2 Å². The number of rotatable bonds is 4. The number of guanidine groups is 1. The Kier molecular flexibility index (Phi) is 4.60. The zero-order chi connectivity index (χ0) is 15.4. The van der Waals surface area contributed by atoms with Crippen LogP contribution in [0.2, 0.25) is 0 Å². The summed E-state index contributed by atoms with van der Waals surface area (Å²) in [6.45, 7) is 2.65. The lowest BCUT2D eigenvalue weighted by Crippen LogP contribution is -2.51. The van der Waals surface area contributed by atoms with Crippen molar-refractivity contribution in [3.63, 3.8) is 0 Å². The lowest BCUT2D eigenvalue weighted by atomic mass is 10.2. The lowest BCUT2D eigenvalue weighted by molar-refractivity contribution is 0.0714. The van der Waals surface area contributed by atoms with Gasteiger partial charge < -0.3 is 10.1 Å². The van der Waals surface area contributed by atoms with Gasteiger partial charge in [-0.1, -0.05) is 18.2 Å². The second kappa shape index (κ2) is 6.64. The maximum atomic E-state index is 12.2. The highest BCUT2D eigenvalue weighted by molar-refractivity contribution is 7.90. The summed E-state index contributed by atoms with van der Waals surface area (Å²) in [5.74, 6) is 0.285. The molecular weight excluding hydrogens is 304 g/mol. The van der Waals surface area contributed by atoms with Crippen LogP contribution in [0.3, 0.4) is 0 Å². The second-order valence-corrected chi connectivity index (χ2v) is 7.07. The maximum Gasteiger partial charge on any atom is 0.264 e. The van der Waals surface area contributed by atoms with Crippen LogP contribution in [0.4, 0.5) is 0 Å². The molecule has 2 aliphatic rings. The van der Waals surface area contributed by atoms with Crippen molar-refractivity contribution >= 4 is 16.0 Å². The fourth-order valence-corrected chi connectivity index (χ4v) is 3.54. The van der Waals surface area contributed by atoms with Crippen LogP contribution >= 0.6 is 0 Å². The van der Waals surface area contributed by atoms with E-state index in [0.29, 0.717) is 13.3 Å². The zero-order valence-electron chi connectivity index (χ0n) is 12.2. The van der Waals surface area contributed by atoms with E-state index in [0.717, 1.165) is 26.0 Å². The summed E-state index contributed by atoms with van der Waals surface area (Å²) < 4.78 is 32.5. The van der Waals surface area contributed by atoms with Crippen LogP contribution in [0.25, 0.3) is 0 Å². The van der Waals surface area contributed by atoms with E-state index in [1.807, 2.05) is 0 Å². The number of benzene rings is 1. The number of nitrogens with one attached hydrogen (secondary N) is 2. The Morgan fingerprint density at radius 2 is 2.18 bits per heavy atom. The quantitative estimate of drug-likeness (QED) is 0.833. The Bertz CT molecular complexity index is 627. The van der Waals surface area contributed by atoms with Crippen molar-refractivity contribution in [3.8, 4) is 0 Å². The van der Waals surface area contributed by atoms with Crippen molar-refractivity contribution in [3.05, 3.63) is 30.3 Å². The summed E-state index contributed by atoms with van der Waals surface area (Å²) in [6.07, 6.45) is 2.45. The average molecular weight is 324 g/mol. The third-order valence-electron chi connectivity index (χ3n) is 3.67. The van der Waals surface area contributed by atoms with Crippen LogP contribution in [-0.4, -0.2) is 51.9 Å². The van der Waals surface area contributed by atoms with Gasteiger partial charge >= 0.3 is 0 Å². The van der Waals surface area contributed by atoms with E-state index in [9.17, 15) is 8.42 Å². The molecule has 1 fully saturated rings. The molecule has 0 spiro atoms.